The number of carbonyl (C=O) groups excluding carboxylic acids is 1. The van der Waals surface area contributed by atoms with Gasteiger partial charge in [0.2, 0.25) is 5.70 Å². The van der Waals surface area contributed by atoms with Crippen LogP contribution in [0.5, 0.6) is 0 Å². The largest absolute Gasteiger partial charge is 0.505 e. The molecule has 0 atom stereocenters. The highest BCUT2D eigenvalue weighted by atomic mass is 19.1. The number of hydrogen-bond acceptors (Lipinski definition) is 7. The third kappa shape index (κ3) is 4.69. The fraction of sp³-hybridized carbons (Fsp3) is 0.118. The number of azo groups is 1. The number of hydrogen-bond donors (Lipinski definition) is 1. The van der Waals surface area contributed by atoms with Crippen molar-refractivity contribution < 1.29 is 24.0 Å². The summed E-state index contributed by atoms with van der Waals surface area (Å²) in [5.74, 6) is -1.93. The van der Waals surface area contributed by atoms with Crippen LogP contribution in [0.25, 0.3) is 5.76 Å². The molecule has 1 N–H and O–H groups in total. The normalized spacial score (nSPS) is 11.9. The predicted molar refractivity (Wildman–Crippen MR) is 90.2 cm³/mol. The maximum Gasteiger partial charge on any atom is 0.362 e. The molecule has 134 valence electrons. The maximum absolute atomic E-state index is 12.9. The zero-order valence-electron chi connectivity index (χ0n) is 13.6. The monoisotopic (exact) mass is 359 g/mol. The number of aliphatic hydroxyl groups is 1. The van der Waals surface area contributed by atoms with Crippen molar-refractivity contribution in [1.82, 2.24) is 0 Å². The number of ether oxygens (including phenoxy) is 1. The van der Waals surface area contributed by atoms with Crippen molar-refractivity contribution in [2.24, 2.45) is 10.2 Å². The molecule has 0 amide bonds. The first kappa shape index (κ1) is 18.7. The van der Waals surface area contributed by atoms with Crippen molar-refractivity contribution in [1.29, 1.82) is 0 Å². The number of rotatable bonds is 6. The molecular formula is C17H14FN3O5. The van der Waals surface area contributed by atoms with Gasteiger partial charge in [-0.25, -0.2) is 9.18 Å². The topological polar surface area (TPSA) is 114 Å². The number of nitro groups is 1. The van der Waals surface area contributed by atoms with Crippen molar-refractivity contribution in [2.75, 3.05) is 6.61 Å². The fourth-order valence-electron chi connectivity index (χ4n) is 1.88. The summed E-state index contributed by atoms with van der Waals surface area (Å²) >= 11 is 0. The van der Waals surface area contributed by atoms with Crippen LogP contribution in [0.2, 0.25) is 0 Å². The Morgan fingerprint density at radius 3 is 2.35 bits per heavy atom. The summed E-state index contributed by atoms with van der Waals surface area (Å²) in [4.78, 5) is 22.1. The molecule has 0 saturated carbocycles. The van der Waals surface area contributed by atoms with E-state index in [1.165, 1.54) is 36.4 Å². The average Bonchev–Trinajstić information content (AvgIpc) is 2.63. The number of aliphatic hydroxyl groups excluding tert-OH is 1. The maximum atomic E-state index is 12.9. The van der Waals surface area contributed by atoms with Crippen LogP contribution in [0.3, 0.4) is 0 Å². The summed E-state index contributed by atoms with van der Waals surface area (Å²) in [5.41, 5.74) is -0.279. The van der Waals surface area contributed by atoms with Crippen molar-refractivity contribution in [3.8, 4) is 0 Å². The fourth-order valence-corrected chi connectivity index (χ4v) is 1.88. The zero-order valence-corrected chi connectivity index (χ0v) is 13.6. The van der Waals surface area contributed by atoms with Gasteiger partial charge in [0.05, 0.1) is 17.2 Å². The zero-order chi connectivity index (χ0) is 19.1. The first-order valence-corrected chi connectivity index (χ1v) is 7.45. The Labute approximate surface area is 147 Å². The van der Waals surface area contributed by atoms with E-state index in [4.69, 9.17) is 4.74 Å². The average molecular weight is 359 g/mol. The van der Waals surface area contributed by atoms with Crippen LogP contribution in [-0.4, -0.2) is 22.6 Å². The minimum atomic E-state index is -0.922. The standard InChI is InChI=1S/C17H14FN3O5/c1-2-26-17(23)15(20-19-13-7-5-12(18)6-8-13)16(22)11-3-9-14(10-4-11)21(24)25/h3-10,22H,2H2,1H3/b16-15+,20-19?. The Balaban J connectivity index is 2.41. The molecule has 2 aromatic carbocycles. The molecule has 0 fully saturated rings. The number of non-ortho nitro benzene ring substituents is 1. The van der Waals surface area contributed by atoms with Gasteiger partial charge >= 0.3 is 5.97 Å². The third-order valence-electron chi connectivity index (χ3n) is 3.14. The van der Waals surface area contributed by atoms with Crippen LogP contribution in [0.4, 0.5) is 15.8 Å². The van der Waals surface area contributed by atoms with Crippen LogP contribution in [-0.2, 0) is 9.53 Å². The lowest BCUT2D eigenvalue weighted by molar-refractivity contribution is -0.384. The highest BCUT2D eigenvalue weighted by Gasteiger charge is 2.19. The number of nitrogens with zero attached hydrogens (tertiary/aromatic N) is 3. The quantitative estimate of drug-likeness (QED) is 0.206. The Hall–Kier alpha value is -3.62. The first-order valence-electron chi connectivity index (χ1n) is 7.45. The molecule has 9 heteroatoms. The van der Waals surface area contributed by atoms with Gasteiger partial charge in [-0.1, -0.05) is 0 Å². The molecule has 26 heavy (non-hydrogen) atoms. The summed E-state index contributed by atoms with van der Waals surface area (Å²) in [5, 5.41) is 28.5. The van der Waals surface area contributed by atoms with Gasteiger partial charge in [-0.2, -0.15) is 5.11 Å². The van der Waals surface area contributed by atoms with Crippen LogP contribution >= 0.6 is 0 Å². The molecule has 0 aromatic heterocycles. The summed E-state index contributed by atoms with van der Waals surface area (Å²) < 4.78 is 17.7. The summed E-state index contributed by atoms with van der Waals surface area (Å²) in [6.07, 6.45) is 0. The van der Waals surface area contributed by atoms with E-state index in [1.54, 1.807) is 6.92 Å². The second-order valence-corrected chi connectivity index (χ2v) is 4.90. The summed E-state index contributed by atoms with van der Waals surface area (Å²) in [6, 6.07) is 9.88. The lowest BCUT2D eigenvalue weighted by Gasteiger charge is -2.06. The minimum Gasteiger partial charge on any atom is -0.505 e. The lowest BCUT2D eigenvalue weighted by atomic mass is 10.1. The van der Waals surface area contributed by atoms with E-state index in [-0.39, 0.29) is 23.5 Å². The van der Waals surface area contributed by atoms with Crippen LogP contribution < -0.4 is 0 Å². The van der Waals surface area contributed by atoms with E-state index in [0.29, 0.717) is 0 Å². The van der Waals surface area contributed by atoms with Gasteiger partial charge < -0.3 is 9.84 Å². The van der Waals surface area contributed by atoms with Crippen molar-refractivity contribution in [2.45, 2.75) is 6.92 Å². The number of halogens is 1. The summed E-state index contributed by atoms with van der Waals surface area (Å²) in [7, 11) is 0. The van der Waals surface area contributed by atoms with E-state index in [1.807, 2.05) is 0 Å². The third-order valence-corrected chi connectivity index (χ3v) is 3.14. The second kappa shape index (κ2) is 8.47. The van der Waals surface area contributed by atoms with E-state index in [0.717, 1.165) is 12.1 Å². The van der Waals surface area contributed by atoms with Crippen LogP contribution in [0.1, 0.15) is 12.5 Å². The molecule has 0 radical (unpaired) electrons. The Morgan fingerprint density at radius 1 is 1.19 bits per heavy atom. The SMILES string of the molecule is CCOC(=O)/C(N=Nc1ccc(F)cc1)=C(\O)c1ccc([N+](=O)[O-])cc1. The minimum absolute atomic E-state index is 0.0436. The Morgan fingerprint density at radius 2 is 1.81 bits per heavy atom. The highest BCUT2D eigenvalue weighted by molar-refractivity contribution is 5.95. The molecular weight excluding hydrogens is 345 g/mol. The molecule has 0 aliphatic heterocycles. The van der Waals surface area contributed by atoms with E-state index in [9.17, 15) is 24.4 Å². The first-order chi connectivity index (χ1) is 12.4. The van der Waals surface area contributed by atoms with Gasteiger partial charge in [-0.05, 0) is 43.3 Å². The van der Waals surface area contributed by atoms with Gasteiger partial charge in [0.15, 0.2) is 5.76 Å². The van der Waals surface area contributed by atoms with Gasteiger partial charge in [-0.3, -0.25) is 10.1 Å². The lowest BCUT2D eigenvalue weighted by Crippen LogP contribution is -2.08. The van der Waals surface area contributed by atoms with Gasteiger partial charge in [-0.15, -0.1) is 5.11 Å². The van der Waals surface area contributed by atoms with E-state index < -0.39 is 28.2 Å². The van der Waals surface area contributed by atoms with E-state index >= 15 is 0 Å². The Bertz CT molecular complexity index is 861. The molecule has 0 heterocycles. The molecule has 0 saturated heterocycles. The molecule has 8 nitrogen and oxygen atoms in total. The number of nitro benzene ring substituents is 1. The van der Waals surface area contributed by atoms with Crippen LogP contribution in [0, 0.1) is 15.9 Å². The van der Waals surface area contributed by atoms with Crippen LogP contribution in [0.15, 0.2) is 64.5 Å². The summed E-state index contributed by atoms with van der Waals surface area (Å²) in [6.45, 7) is 1.62. The molecule has 0 aliphatic carbocycles. The number of benzene rings is 2. The Kier molecular flexibility index (Phi) is 6.10. The molecule has 2 aromatic rings. The second-order valence-electron chi connectivity index (χ2n) is 4.90. The molecule has 2 rings (SSSR count). The molecule has 0 aliphatic rings. The molecule has 0 bridgehead atoms. The van der Waals surface area contributed by atoms with Gasteiger partial charge in [0.25, 0.3) is 5.69 Å². The van der Waals surface area contributed by atoms with Crippen molar-refractivity contribution in [3.63, 3.8) is 0 Å². The van der Waals surface area contributed by atoms with E-state index in [2.05, 4.69) is 10.2 Å². The predicted octanol–water partition coefficient (Wildman–Crippen LogP) is 4.31. The van der Waals surface area contributed by atoms with Crippen molar-refractivity contribution >= 4 is 23.1 Å². The smallest absolute Gasteiger partial charge is 0.362 e. The molecule has 0 spiro atoms. The van der Waals surface area contributed by atoms with Gasteiger partial charge in [0, 0.05) is 17.7 Å². The number of esters is 1. The number of carbonyl (C=O) groups is 1. The molecule has 0 unspecified atom stereocenters. The van der Waals surface area contributed by atoms with Gasteiger partial charge in [0.1, 0.15) is 5.82 Å². The highest BCUT2D eigenvalue weighted by Crippen LogP contribution is 2.23. The van der Waals surface area contributed by atoms with Crippen molar-refractivity contribution in [3.05, 3.63) is 75.7 Å².